The minimum atomic E-state index is -1.21. The van der Waals surface area contributed by atoms with Crippen LogP contribution in [0, 0.1) is 17.0 Å². The Kier molecular flexibility index (Phi) is 10.0. The van der Waals surface area contributed by atoms with Crippen LogP contribution in [0.15, 0.2) is 22.8 Å². The summed E-state index contributed by atoms with van der Waals surface area (Å²) in [5.74, 6) is -2.10. The van der Waals surface area contributed by atoms with E-state index in [4.69, 9.17) is 18.3 Å². The first-order valence-corrected chi connectivity index (χ1v) is 11.0. The zero-order valence-corrected chi connectivity index (χ0v) is 19.5. The van der Waals surface area contributed by atoms with E-state index in [-0.39, 0.29) is 28.8 Å². The van der Waals surface area contributed by atoms with Crippen molar-refractivity contribution in [2.45, 2.75) is 77.7 Å². The third-order valence-corrected chi connectivity index (χ3v) is 5.44. The van der Waals surface area contributed by atoms with Crippen molar-refractivity contribution in [3.05, 3.63) is 42.5 Å². The van der Waals surface area contributed by atoms with Crippen molar-refractivity contribution >= 4 is 11.2 Å². The molecule has 11 heteroatoms. The molecule has 11 nitrogen and oxygen atoms in total. The first kappa shape index (κ1) is 26.0. The molecule has 0 N–H and O–H groups in total. The number of aryl methyl sites for hydroxylation is 2. The summed E-state index contributed by atoms with van der Waals surface area (Å²) in [6, 6.07) is 0. The average Bonchev–Trinajstić information content (AvgIpc) is 2.82. The van der Waals surface area contributed by atoms with Crippen LogP contribution in [0.3, 0.4) is 0 Å². The summed E-state index contributed by atoms with van der Waals surface area (Å²) in [7, 11) is 2.80. The van der Waals surface area contributed by atoms with Crippen LogP contribution >= 0.6 is 0 Å². The Labute approximate surface area is 190 Å². The topological polar surface area (TPSA) is 144 Å². The van der Waals surface area contributed by atoms with Crippen LogP contribution in [0.1, 0.15) is 69.4 Å². The molecule has 0 saturated heterocycles. The van der Waals surface area contributed by atoms with E-state index >= 15 is 0 Å². The molecule has 1 atom stereocenters. The first-order chi connectivity index (χ1) is 15.8. The first-order valence-electron chi connectivity index (χ1n) is 11.0. The molecule has 1 unspecified atom stereocenters. The van der Waals surface area contributed by atoms with E-state index in [0.29, 0.717) is 24.0 Å². The summed E-state index contributed by atoms with van der Waals surface area (Å²) in [6.07, 6.45) is 7.64. The third kappa shape index (κ3) is 7.40. The Morgan fingerprint density at radius 3 is 1.94 bits per heavy atom. The molecule has 0 aliphatic heterocycles. The number of nitrogens with zero attached hydrogens (tertiary/aromatic N) is 1. The number of methoxy groups -OCH3 is 2. The van der Waals surface area contributed by atoms with Gasteiger partial charge in [0, 0.05) is 11.1 Å². The molecule has 0 aliphatic carbocycles. The van der Waals surface area contributed by atoms with Crippen molar-refractivity contribution < 1.29 is 32.6 Å². The standard InChI is InChI=1S/C22H31NO10/c1-14(33-23(26)27)12-10-8-6-5-7-9-11-13-16-15(2)17-19(28-3)20(29-4)18(16)31-22(25)32-21(24)30-17/h14H,5-13H2,1-4H3. The van der Waals surface area contributed by atoms with E-state index in [2.05, 4.69) is 9.25 Å². The van der Waals surface area contributed by atoms with Crippen LogP contribution in [-0.2, 0) is 11.3 Å². The number of hydrogen-bond donors (Lipinski definition) is 0. The molecule has 0 radical (unpaired) electrons. The molecule has 3 aromatic rings. The summed E-state index contributed by atoms with van der Waals surface area (Å²) in [4.78, 5) is 38.5. The quantitative estimate of drug-likeness (QED) is 0.220. The largest absolute Gasteiger partial charge is 0.524 e. The van der Waals surface area contributed by atoms with Gasteiger partial charge in [0.1, 0.15) is 6.10 Å². The van der Waals surface area contributed by atoms with Gasteiger partial charge in [0.25, 0.3) is 5.09 Å². The van der Waals surface area contributed by atoms with Crippen LogP contribution in [-0.4, -0.2) is 25.4 Å². The smallest absolute Gasteiger partial charge is 0.490 e. The Balaban J connectivity index is 1.99. The van der Waals surface area contributed by atoms with Gasteiger partial charge in [0.05, 0.1) is 14.2 Å². The second-order valence-electron chi connectivity index (χ2n) is 7.79. The van der Waals surface area contributed by atoms with Gasteiger partial charge >= 0.3 is 11.6 Å². The van der Waals surface area contributed by atoms with Crippen LogP contribution in [0.4, 0.5) is 0 Å². The van der Waals surface area contributed by atoms with Gasteiger partial charge in [-0.3, -0.25) is 0 Å². The van der Waals surface area contributed by atoms with Crippen LogP contribution in [0.25, 0.3) is 11.2 Å². The lowest BCUT2D eigenvalue weighted by Gasteiger charge is -2.14. The maximum Gasteiger partial charge on any atom is 0.524 e. The molecule has 2 aromatic heterocycles. The molecular weight excluding hydrogens is 438 g/mol. The monoisotopic (exact) mass is 469 g/mol. The number of rotatable bonds is 14. The van der Waals surface area contributed by atoms with Crippen LogP contribution in [0.5, 0.6) is 11.5 Å². The van der Waals surface area contributed by atoms with E-state index in [1.165, 1.54) is 14.2 Å². The highest BCUT2D eigenvalue weighted by Crippen LogP contribution is 2.41. The SMILES string of the molecule is COc1c(OC)c2oc(=O)oc(=O)oc1c(C)c2CCCCCCCCCC(C)O[N+](=O)[O-]. The van der Waals surface area contributed by atoms with Gasteiger partial charge in [-0.25, -0.2) is 9.59 Å². The Bertz CT molecular complexity index is 1070. The molecular formula is C22H31NO10. The summed E-state index contributed by atoms with van der Waals surface area (Å²) < 4.78 is 25.7. The second-order valence-corrected chi connectivity index (χ2v) is 7.79. The maximum absolute atomic E-state index is 11.9. The molecule has 1 aromatic carbocycles. The predicted molar refractivity (Wildman–Crippen MR) is 118 cm³/mol. The van der Waals surface area contributed by atoms with Crippen molar-refractivity contribution in [1.82, 2.24) is 0 Å². The second kappa shape index (κ2) is 12.7. The van der Waals surface area contributed by atoms with E-state index in [0.717, 1.165) is 44.9 Å². The fraction of sp³-hybridized carbons (Fsp3) is 0.636. The predicted octanol–water partition coefficient (Wildman–Crippen LogP) is 4.49. The van der Waals surface area contributed by atoms with Crippen molar-refractivity contribution in [1.29, 1.82) is 0 Å². The van der Waals surface area contributed by atoms with Crippen molar-refractivity contribution in [2.24, 2.45) is 0 Å². The average molecular weight is 469 g/mol. The van der Waals surface area contributed by atoms with E-state index < -0.39 is 16.7 Å². The van der Waals surface area contributed by atoms with Crippen molar-refractivity contribution in [3.63, 3.8) is 0 Å². The van der Waals surface area contributed by atoms with Gasteiger partial charge in [-0.2, -0.15) is 0 Å². The van der Waals surface area contributed by atoms with Crippen molar-refractivity contribution in [3.8, 4) is 11.5 Å². The molecule has 33 heavy (non-hydrogen) atoms. The lowest BCUT2D eigenvalue weighted by atomic mass is 9.98. The fourth-order valence-electron chi connectivity index (χ4n) is 3.82. The molecule has 0 saturated carbocycles. The highest BCUT2D eigenvalue weighted by molar-refractivity contribution is 5.81. The molecule has 2 heterocycles. The summed E-state index contributed by atoms with van der Waals surface area (Å²) in [6.45, 7) is 3.45. The van der Waals surface area contributed by atoms with E-state index in [1.54, 1.807) is 13.8 Å². The number of unbranched alkanes of at least 4 members (excludes halogenated alkanes) is 6. The lowest BCUT2D eigenvalue weighted by molar-refractivity contribution is -0.767. The summed E-state index contributed by atoms with van der Waals surface area (Å²) in [5, 5.41) is 9.53. The Morgan fingerprint density at radius 2 is 1.36 bits per heavy atom. The minimum Gasteiger partial charge on any atom is -0.490 e. The fourth-order valence-corrected chi connectivity index (χ4v) is 3.82. The molecule has 0 aliphatic rings. The van der Waals surface area contributed by atoms with Crippen LogP contribution < -0.4 is 21.1 Å². The number of ether oxygens (including phenoxy) is 2. The van der Waals surface area contributed by atoms with E-state index in [1.807, 2.05) is 0 Å². The maximum atomic E-state index is 11.9. The molecule has 0 spiro atoms. The molecule has 3 rings (SSSR count). The zero-order chi connectivity index (χ0) is 24.4. The van der Waals surface area contributed by atoms with Gasteiger partial charge < -0.3 is 27.6 Å². The van der Waals surface area contributed by atoms with Gasteiger partial charge in [0.15, 0.2) is 11.2 Å². The highest BCUT2D eigenvalue weighted by atomic mass is 17.0. The third-order valence-electron chi connectivity index (χ3n) is 5.44. The molecule has 184 valence electrons. The molecule has 0 fully saturated rings. The number of hydrogen-bond acceptors (Lipinski definition) is 10. The lowest BCUT2D eigenvalue weighted by Crippen LogP contribution is -2.12. The van der Waals surface area contributed by atoms with Gasteiger partial charge in [-0.15, -0.1) is 10.1 Å². The van der Waals surface area contributed by atoms with Gasteiger partial charge in [0.2, 0.25) is 11.5 Å². The highest BCUT2D eigenvalue weighted by Gasteiger charge is 2.23. The summed E-state index contributed by atoms with van der Waals surface area (Å²) >= 11 is 0. The Hall–Kier alpha value is -3.24. The Morgan fingerprint density at radius 1 is 0.848 bits per heavy atom. The van der Waals surface area contributed by atoms with Crippen LogP contribution in [0.2, 0.25) is 0 Å². The molecule has 0 amide bonds. The minimum absolute atomic E-state index is 0.131. The molecule has 2 bridgehead atoms. The number of benzene rings is 1. The van der Waals surface area contributed by atoms with Gasteiger partial charge in [-0.1, -0.05) is 38.5 Å². The summed E-state index contributed by atoms with van der Waals surface area (Å²) in [5.41, 5.74) is 1.59. The van der Waals surface area contributed by atoms with Crippen molar-refractivity contribution in [2.75, 3.05) is 14.2 Å². The number of fused-ring (bicyclic) bond motifs is 6. The normalized spacial score (nSPS) is 11.9. The zero-order valence-electron chi connectivity index (χ0n) is 19.5. The van der Waals surface area contributed by atoms with Gasteiger partial charge in [-0.05, 0) is 33.1 Å². The van der Waals surface area contributed by atoms with E-state index in [9.17, 15) is 19.7 Å².